The molecule has 6 atom stereocenters. The normalized spacial score (nSPS) is 21.9. The third-order valence-corrected chi connectivity index (χ3v) is 11.6. The van der Waals surface area contributed by atoms with E-state index in [1.807, 2.05) is 78.9 Å². The summed E-state index contributed by atoms with van der Waals surface area (Å²) in [4.78, 5) is 54.3. The molecule has 58 heavy (non-hydrogen) atoms. The smallest absolute Gasteiger partial charge is 0.330 e. The highest BCUT2D eigenvalue weighted by Gasteiger charge is 2.45. The summed E-state index contributed by atoms with van der Waals surface area (Å²) < 4.78 is 40.7. The number of rotatable bonds is 15. The molecule has 4 heterocycles. The average Bonchev–Trinajstić information content (AvgIpc) is 3.82. The fourth-order valence-corrected chi connectivity index (χ4v) is 8.51. The molecule has 3 N–H and O–H groups in total. The first-order valence-corrected chi connectivity index (χ1v) is 19.9. The first-order chi connectivity index (χ1) is 28.0. The summed E-state index contributed by atoms with van der Waals surface area (Å²) in [5.74, 6) is 1.41. The van der Waals surface area contributed by atoms with E-state index in [2.05, 4.69) is 9.97 Å². The Balaban J connectivity index is 1.16. The van der Waals surface area contributed by atoms with Crippen molar-refractivity contribution in [1.82, 2.24) is 19.1 Å². The molecule has 7 rings (SSSR count). The third kappa shape index (κ3) is 8.21. The van der Waals surface area contributed by atoms with Crippen LogP contribution in [0.25, 0.3) is 0 Å². The monoisotopic (exact) mass is 814 g/mol. The number of hydrogen-bond acceptors (Lipinski definition) is 12. The van der Waals surface area contributed by atoms with E-state index >= 15 is 0 Å². The molecule has 2 aliphatic heterocycles. The van der Waals surface area contributed by atoms with Gasteiger partial charge in [0.1, 0.15) is 29.6 Å². The van der Waals surface area contributed by atoms with E-state index in [0.29, 0.717) is 33.9 Å². The van der Waals surface area contributed by atoms with E-state index in [4.69, 9.17) is 28.4 Å². The van der Waals surface area contributed by atoms with Crippen LogP contribution in [-0.4, -0.2) is 81.1 Å². The van der Waals surface area contributed by atoms with Crippen molar-refractivity contribution in [2.45, 2.75) is 68.5 Å². The highest BCUT2D eigenvalue weighted by Crippen LogP contribution is 2.48. The molecular formula is C42H46N4O11S. The molecule has 15 nitrogen and oxygen atoms in total. The van der Waals surface area contributed by atoms with Crippen LogP contribution in [0.3, 0.4) is 0 Å². The van der Waals surface area contributed by atoms with E-state index in [9.17, 15) is 24.3 Å². The molecular weight excluding hydrogens is 769 g/mol. The molecule has 5 aromatic rings. The first-order valence-electron chi connectivity index (χ1n) is 18.9. The van der Waals surface area contributed by atoms with Gasteiger partial charge in [0.25, 0.3) is 11.1 Å². The van der Waals surface area contributed by atoms with Crippen molar-refractivity contribution in [3.05, 3.63) is 161 Å². The van der Waals surface area contributed by atoms with Gasteiger partial charge in [0, 0.05) is 47.7 Å². The molecule has 2 aliphatic rings. The van der Waals surface area contributed by atoms with Gasteiger partial charge in [0.15, 0.2) is 11.5 Å². The maximum Gasteiger partial charge on any atom is 0.330 e. The second-order valence-electron chi connectivity index (χ2n) is 14.1. The fourth-order valence-electron chi connectivity index (χ4n) is 7.55. The molecule has 2 saturated heterocycles. The lowest BCUT2D eigenvalue weighted by Crippen LogP contribution is -2.39. The Morgan fingerprint density at radius 3 is 1.93 bits per heavy atom. The molecule has 3 unspecified atom stereocenters. The summed E-state index contributed by atoms with van der Waals surface area (Å²) in [7, 11) is 3.16. The summed E-state index contributed by atoms with van der Waals surface area (Å²) in [6, 6.07) is 25.2. The number of methoxy groups -OCH3 is 2. The number of H-pyrrole nitrogens is 2. The number of aliphatic hydroxyl groups excluding tert-OH is 1. The number of aromatic nitrogens is 4. The standard InChI is InChI=1S/C42H46N4O11S/c1-25-22-45(40(50)43-37(25)48)34-20-30(47)39(57-34)58-19-18-54-32-21-35(46-23-26(2)38(49)44-41(46)51)56-33(32)24-55-42(27-12-7-5-8-13-27,28-14-9-6-10-15-28)29-16-11-17-31(52-3)36(29)53-4/h5-17,22-23,30,32-35,39,47H,18-21,24H2,1-4H3,(H,43,48,50)(H,44,49,51)/t30?,32-,33+,34?,35+,39?/m0/s1. The molecule has 306 valence electrons. The molecule has 0 amide bonds. The van der Waals surface area contributed by atoms with Crippen LogP contribution < -0.4 is 32.0 Å². The number of aromatic amines is 2. The second-order valence-corrected chi connectivity index (χ2v) is 15.3. The van der Waals surface area contributed by atoms with Gasteiger partial charge < -0.3 is 33.5 Å². The third-order valence-electron chi connectivity index (χ3n) is 10.4. The summed E-state index contributed by atoms with van der Waals surface area (Å²) in [5.41, 5.74) is -1.06. The quantitative estimate of drug-likeness (QED) is 0.103. The maximum absolute atomic E-state index is 13.1. The lowest BCUT2D eigenvalue weighted by Gasteiger charge is -2.38. The van der Waals surface area contributed by atoms with Crippen LogP contribution in [0.5, 0.6) is 11.5 Å². The van der Waals surface area contributed by atoms with Crippen LogP contribution in [0.1, 0.15) is 53.1 Å². The van der Waals surface area contributed by atoms with Gasteiger partial charge in [-0.1, -0.05) is 72.8 Å². The summed E-state index contributed by atoms with van der Waals surface area (Å²) in [6.45, 7) is 3.41. The Kier molecular flexibility index (Phi) is 12.5. The second kappa shape index (κ2) is 17.7. The molecule has 3 aromatic carbocycles. The molecule has 0 aliphatic carbocycles. The Bertz CT molecular complexity index is 2400. The van der Waals surface area contributed by atoms with E-state index in [0.717, 1.165) is 11.1 Å². The SMILES string of the molecule is COc1cccc(C(OC[C@H]2O[C@@H](n3cc(C)c(=O)[nH]c3=O)C[C@@H]2OCCSC2OC(n3cc(C)c(=O)[nH]c3=O)CC2O)(c2ccccc2)c2ccccc2)c1OC. The average molecular weight is 815 g/mol. The van der Waals surface area contributed by atoms with Crippen LogP contribution in [0.15, 0.2) is 110 Å². The molecule has 2 fully saturated rings. The van der Waals surface area contributed by atoms with Gasteiger partial charge in [-0.05, 0) is 31.0 Å². The molecule has 16 heteroatoms. The molecule has 0 radical (unpaired) electrons. The summed E-state index contributed by atoms with van der Waals surface area (Å²) >= 11 is 1.33. The highest BCUT2D eigenvalue weighted by molar-refractivity contribution is 7.99. The number of hydrogen-bond donors (Lipinski definition) is 3. The fraction of sp³-hybridized carbons (Fsp3) is 0.381. The Hall–Kier alpha value is -5.23. The van der Waals surface area contributed by atoms with Crippen LogP contribution in [0, 0.1) is 13.8 Å². The molecule has 0 bridgehead atoms. The minimum atomic E-state index is -1.24. The van der Waals surface area contributed by atoms with Crippen molar-refractivity contribution in [3.8, 4) is 11.5 Å². The number of thioether (sulfide) groups is 1. The number of aliphatic hydroxyl groups is 1. The van der Waals surface area contributed by atoms with E-state index in [-0.39, 0.29) is 26.1 Å². The van der Waals surface area contributed by atoms with Crippen molar-refractivity contribution in [1.29, 1.82) is 0 Å². The summed E-state index contributed by atoms with van der Waals surface area (Å²) in [5, 5.41) is 10.8. The van der Waals surface area contributed by atoms with Gasteiger partial charge in [-0.15, -0.1) is 11.8 Å². The zero-order valence-electron chi connectivity index (χ0n) is 32.5. The molecule has 0 spiro atoms. The van der Waals surface area contributed by atoms with E-state index in [1.165, 1.54) is 33.3 Å². The zero-order chi connectivity index (χ0) is 41.0. The van der Waals surface area contributed by atoms with E-state index in [1.54, 1.807) is 28.1 Å². The van der Waals surface area contributed by atoms with Crippen molar-refractivity contribution in [3.63, 3.8) is 0 Å². The number of nitrogens with one attached hydrogen (secondary N) is 2. The Morgan fingerprint density at radius 1 is 0.776 bits per heavy atom. The molecule has 0 saturated carbocycles. The summed E-state index contributed by atoms with van der Waals surface area (Å²) in [6.07, 6.45) is -0.364. The lowest BCUT2D eigenvalue weighted by atomic mass is 9.79. The van der Waals surface area contributed by atoms with Crippen LogP contribution in [-0.2, 0) is 24.5 Å². The lowest BCUT2D eigenvalue weighted by molar-refractivity contribution is -0.103. The van der Waals surface area contributed by atoms with Gasteiger partial charge in [0.2, 0.25) is 0 Å². The topological polar surface area (TPSA) is 185 Å². The van der Waals surface area contributed by atoms with Crippen LogP contribution in [0.2, 0.25) is 0 Å². The zero-order valence-corrected chi connectivity index (χ0v) is 33.3. The van der Waals surface area contributed by atoms with Crippen molar-refractivity contribution in [2.75, 3.05) is 33.2 Å². The largest absolute Gasteiger partial charge is 0.493 e. The molecule has 2 aromatic heterocycles. The predicted molar refractivity (Wildman–Crippen MR) is 216 cm³/mol. The van der Waals surface area contributed by atoms with Gasteiger partial charge >= 0.3 is 11.4 Å². The minimum absolute atomic E-state index is 0.00495. The number of benzene rings is 3. The van der Waals surface area contributed by atoms with Crippen LogP contribution >= 0.6 is 11.8 Å². The Labute approximate surface area is 337 Å². The Morgan fingerprint density at radius 2 is 1.36 bits per heavy atom. The van der Waals surface area contributed by atoms with Gasteiger partial charge in [0.05, 0.1) is 39.6 Å². The number of nitrogens with zero attached hydrogens (tertiary/aromatic N) is 2. The van der Waals surface area contributed by atoms with Crippen molar-refractivity contribution < 1.29 is 33.5 Å². The highest BCUT2D eigenvalue weighted by atomic mass is 32.2. The van der Waals surface area contributed by atoms with Gasteiger partial charge in [-0.25, -0.2) is 9.59 Å². The predicted octanol–water partition coefficient (Wildman–Crippen LogP) is 3.74. The van der Waals surface area contributed by atoms with Crippen molar-refractivity contribution >= 4 is 11.8 Å². The van der Waals surface area contributed by atoms with Crippen LogP contribution in [0.4, 0.5) is 0 Å². The minimum Gasteiger partial charge on any atom is -0.493 e. The maximum atomic E-state index is 13.1. The van der Waals surface area contributed by atoms with E-state index < -0.39 is 64.3 Å². The number of para-hydroxylation sites is 1. The number of aryl methyl sites for hydroxylation is 2. The number of ether oxygens (including phenoxy) is 6. The van der Waals surface area contributed by atoms with Crippen molar-refractivity contribution in [2.24, 2.45) is 0 Å². The van der Waals surface area contributed by atoms with Gasteiger partial charge in [-0.2, -0.15) is 0 Å². The van der Waals surface area contributed by atoms with Gasteiger partial charge in [-0.3, -0.25) is 28.7 Å². The first kappa shape index (κ1) is 40.9.